The highest BCUT2D eigenvalue weighted by molar-refractivity contribution is 6.67. The number of aryl methyl sites for hydroxylation is 1. The van der Waals surface area contributed by atoms with Crippen molar-refractivity contribution in [3.8, 4) is 0 Å². The summed E-state index contributed by atoms with van der Waals surface area (Å²) in [6, 6.07) is 7.83. The maximum Gasteiger partial charge on any atom is 0.191 e. The van der Waals surface area contributed by atoms with Crippen molar-refractivity contribution in [3.63, 3.8) is 0 Å². The van der Waals surface area contributed by atoms with Crippen LogP contribution in [0.15, 0.2) is 24.3 Å². The molecule has 0 saturated heterocycles. The van der Waals surface area contributed by atoms with E-state index in [1.165, 1.54) is 0 Å². The Hall–Kier alpha value is -0.440. The Morgan fingerprint density at radius 1 is 1.20 bits per heavy atom. The van der Waals surface area contributed by atoms with Crippen molar-refractivity contribution in [2.75, 3.05) is 0 Å². The molecule has 0 unspecified atom stereocenters. The van der Waals surface area contributed by atoms with Crippen LogP contribution in [-0.4, -0.2) is 13.8 Å². The minimum Gasteiger partial charge on any atom is -0.342 e. The zero-order valence-corrected chi connectivity index (χ0v) is 10.1. The van der Waals surface area contributed by atoms with Crippen LogP contribution in [0.3, 0.4) is 0 Å². The van der Waals surface area contributed by atoms with Crippen molar-refractivity contribution in [3.05, 3.63) is 30.1 Å². The zero-order valence-electron chi connectivity index (χ0n) is 7.80. The first-order valence-corrected chi connectivity index (χ1v) is 5.68. The van der Waals surface area contributed by atoms with E-state index in [1.54, 1.807) is 0 Å². The van der Waals surface area contributed by atoms with E-state index in [4.69, 9.17) is 34.8 Å². The molecule has 0 aliphatic carbocycles. The fourth-order valence-corrected chi connectivity index (χ4v) is 1.67. The van der Waals surface area contributed by atoms with E-state index in [0.717, 1.165) is 16.9 Å². The number of para-hydroxylation sites is 2. The van der Waals surface area contributed by atoms with Crippen molar-refractivity contribution in [1.29, 1.82) is 0 Å². The third-order valence-corrected chi connectivity index (χ3v) is 2.65. The summed E-state index contributed by atoms with van der Waals surface area (Å²) in [5, 5.41) is 0. The van der Waals surface area contributed by atoms with Crippen LogP contribution in [0.5, 0.6) is 0 Å². The van der Waals surface area contributed by atoms with Crippen LogP contribution in [0.25, 0.3) is 11.0 Å². The molecule has 0 aliphatic heterocycles. The Kier molecular flexibility index (Phi) is 3.10. The van der Waals surface area contributed by atoms with Gasteiger partial charge in [0.2, 0.25) is 0 Å². The van der Waals surface area contributed by atoms with Crippen LogP contribution < -0.4 is 0 Å². The summed E-state index contributed by atoms with van der Waals surface area (Å²) in [6.45, 7) is 0. The van der Waals surface area contributed by atoms with E-state index < -0.39 is 3.79 Å². The van der Waals surface area contributed by atoms with Gasteiger partial charge >= 0.3 is 0 Å². The second-order valence-electron chi connectivity index (χ2n) is 3.32. The van der Waals surface area contributed by atoms with Crippen LogP contribution in [0.2, 0.25) is 0 Å². The number of nitrogens with one attached hydrogen (secondary N) is 1. The van der Waals surface area contributed by atoms with E-state index in [-0.39, 0.29) is 0 Å². The maximum atomic E-state index is 5.67. The van der Waals surface area contributed by atoms with Crippen molar-refractivity contribution in [2.45, 2.75) is 16.6 Å². The average Bonchev–Trinajstić information content (AvgIpc) is 2.56. The Labute approximate surface area is 103 Å². The van der Waals surface area contributed by atoms with Gasteiger partial charge < -0.3 is 4.98 Å². The maximum absolute atomic E-state index is 5.67. The molecule has 15 heavy (non-hydrogen) atoms. The number of hydrogen-bond donors (Lipinski definition) is 1. The predicted octanol–water partition coefficient (Wildman–Crippen LogP) is 3.87. The summed E-state index contributed by atoms with van der Waals surface area (Å²) in [5.74, 6) is 0.850. The van der Waals surface area contributed by atoms with Gasteiger partial charge in [0.1, 0.15) is 5.82 Å². The highest BCUT2D eigenvalue weighted by Crippen LogP contribution is 2.31. The van der Waals surface area contributed by atoms with Gasteiger partial charge in [-0.05, 0) is 12.1 Å². The molecule has 1 aromatic heterocycles. The number of rotatable bonds is 2. The van der Waals surface area contributed by atoms with Crippen LogP contribution in [-0.2, 0) is 6.42 Å². The fraction of sp³-hybridized carbons (Fsp3) is 0.300. The minimum atomic E-state index is -1.21. The average molecular weight is 264 g/mol. The third-order valence-electron chi connectivity index (χ3n) is 2.08. The molecule has 2 rings (SSSR count). The lowest BCUT2D eigenvalue weighted by Crippen LogP contribution is -2.04. The quantitative estimate of drug-likeness (QED) is 0.819. The molecule has 0 fully saturated rings. The number of imidazole rings is 1. The van der Waals surface area contributed by atoms with Gasteiger partial charge in [-0.3, -0.25) is 0 Å². The first-order chi connectivity index (χ1) is 7.04. The Morgan fingerprint density at radius 2 is 1.93 bits per heavy atom. The highest BCUT2D eigenvalue weighted by Gasteiger charge is 2.19. The first-order valence-electron chi connectivity index (χ1n) is 4.55. The molecular weight excluding hydrogens is 254 g/mol. The lowest BCUT2D eigenvalue weighted by atomic mass is 10.3. The van der Waals surface area contributed by atoms with Gasteiger partial charge in [-0.15, -0.1) is 0 Å². The van der Waals surface area contributed by atoms with Crippen LogP contribution in [0, 0.1) is 0 Å². The number of aromatic amines is 1. The van der Waals surface area contributed by atoms with E-state index in [2.05, 4.69) is 9.97 Å². The Morgan fingerprint density at radius 3 is 2.60 bits per heavy atom. The molecule has 2 aromatic rings. The number of H-pyrrole nitrogens is 1. The van der Waals surface area contributed by atoms with E-state index in [0.29, 0.717) is 12.8 Å². The molecule has 0 bridgehead atoms. The molecule has 0 aliphatic rings. The summed E-state index contributed by atoms with van der Waals surface area (Å²) < 4.78 is -1.21. The van der Waals surface area contributed by atoms with Gasteiger partial charge in [0.15, 0.2) is 3.79 Å². The third kappa shape index (κ3) is 3.00. The number of halogens is 3. The topological polar surface area (TPSA) is 28.7 Å². The predicted molar refractivity (Wildman–Crippen MR) is 64.7 cm³/mol. The number of hydrogen-bond acceptors (Lipinski definition) is 1. The first kappa shape index (κ1) is 11.1. The smallest absolute Gasteiger partial charge is 0.191 e. The largest absolute Gasteiger partial charge is 0.342 e. The van der Waals surface area contributed by atoms with Crippen molar-refractivity contribution >= 4 is 45.8 Å². The van der Waals surface area contributed by atoms with Gasteiger partial charge in [-0.1, -0.05) is 46.9 Å². The number of fused-ring (bicyclic) bond motifs is 1. The van der Waals surface area contributed by atoms with E-state index in [1.807, 2.05) is 24.3 Å². The van der Waals surface area contributed by atoms with Gasteiger partial charge in [0.25, 0.3) is 0 Å². The lowest BCUT2D eigenvalue weighted by molar-refractivity contribution is 0.809. The molecule has 0 amide bonds. The lowest BCUT2D eigenvalue weighted by Gasteiger charge is -2.07. The number of alkyl halides is 3. The minimum absolute atomic E-state index is 0.456. The monoisotopic (exact) mass is 262 g/mol. The summed E-state index contributed by atoms with van der Waals surface area (Å²) in [4.78, 5) is 7.57. The summed E-state index contributed by atoms with van der Waals surface area (Å²) >= 11 is 17.0. The molecule has 0 atom stereocenters. The Bertz CT molecular complexity index is 426. The number of nitrogens with zero attached hydrogens (tertiary/aromatic N) is 1. The highest BCUT2D eigenvalue weighted by atomic mass is 35.6. The van der Waals surface area contributed by atoms with E-state index in [9.17, 15) is 0 Å². The standard InChI is InChI=1S/C10H9Cl3N2/c11-10(12,13)6-5-9-14-7-3-1-2-4-8(7)15-9/h1-4H,5-6H2,(H,14,15). The molecule has 0 spiro atoms. The summed E-state index contributed by atoms with van der Waals surface area (Å²) in [7, 11) is 0. The van der Waals surface area contributed by atoms with Gasteiger partial charge in [-0.2, -0.15) is 0 Å². The number of aromatic nitrogens is 2. The molecule has 1 N–H and O–H groups in total. The molecule has 0 saturated carbocycles. The molecule has 1 heterocycles. The molecule has 1 aromatic carbocycles. The zero-order chi connectivity index (χ0) is 10.9. The van der Waals surface area contributed by atoms with E-state index >= 15 is 0 Å². The van der Waals surface area contributed by atoms with Crippen molar-refractivity contribution < 1.29 is 0 Å². The SMILES string of the molecule is ClC(Cl)(Cl)CCc1nc2ccccc2[nH]1. The second kappa shape index (κ2) is 4.20. The normalized spacial score (nSPS) is 12.2. The summed E-state index contributed by atoms with van der Waals surface area (Å²) in [6.07, 6.45) is 1.09. The molecule has 5 heteroatoms. The van der Waals surface area contributed by atoms with Crippen LogP contribution >= 0.6 is 34.8 Å². The fourth-order valence-electron chi connectivity index (χ4n) is 1.38. The van der Waals surface area contributed by atoms with Crippen LogP contribution in [0.1, 0.15) is 12.2 Å². The van der Waals surface area contributed by atoms with Crippen molar-refractivity contribution in [1.82, 2.24) is 9.97 Å². The summed E-state index contributed by atoms with van der Waals surface area (Å²) in [5.41, 5.74) is 1.95. The van der Waals surface area contributed by atoms with Gasteiger partial charge in [-0.25, -0.2) is 4.98 Å². The molecule has 80 valence electrons. The second-order valence-corrected chi connectivity index (χ2v) is 5.83. The Balaban J connectivity index is 2.16. The van der Waals surface area contributed by atoms with Crippen molar-refractivity contribution in [2.24, 2.45) is 0 Å². The van der Waals surface area contributed by atoms with Crippen LogP contribution in [0.4, 0.5) is 0 Å². The number of benzene rings is 1. The van der Waals surface area contributed by atoms with Gasteiger partial charge in [0, 0.05) is 12.8 Å². The molecular formula is C10H9Cl3N2. The van der Waals surface area contributed by atoms with Gasteiger partial charge in [0.05, 0.1) is 11.0 Å². The molecule has 2 nitrogen and oxygen atoms in total. The molecule has 0 radical (unpaired) electrons.